The van der Waals surface area contributed by atoms with Gasteiger partial charge in [0.25, 0.3) is 0 Å². The van der Waals surface area contributed by atoms with Crippen molar-refractivity contribution in [3.05, 3.63) is 54.9 Å². The molecule has 3 aromatic rings. The number of rotatable bonds is 1. The van der Waals surface area contributed by atoms with Crippen LogP contribution in [0.3, 0.4) is 0 Å². The summed E-state index contributed by atoms with van der Waals surface area (Å²) in [5.41, 5.74) is 1.17. The van der Waals surface area contributed by atoms with Crippen molar-refractivity contribution in [3.63, 3.8) is 0 Å². The van der Waals surface area contributed by atoms with E-state index in [-0.39, 0.29) is 17.0 Å². The van der Waals surface area contributed by atoms with Gasteiger partial charge in [-0.3, -0.25) is 0 Å². The van der Waals surface area contributed by atoms with Crippen LogP contribution in [0.25, 0.3) is 16.3 Å². The van der Waals surface area contributed by atoms with Crippen molar-refractivity contribution in [2.24, 2.45) is 0 Å². The van der Waals surface area contributed by atoms with Crippen LogP contribution in [0.15, 0.2) is 54.9 Å². The average Bonchev–Trinajstić information content (AvgIpc) is 2.35. The quantitative estimate of drug-likeness (QED) is 0.439. The monoisotopic (exact) mass is 289 g/mol. The minimum absolute atomic E-state index is 0. The molecule has 2 nitrogen and oxygen atoms in total. The van der Waals surface area contributed by atoms with Crippen LogP contribution in [-0.2, 0) is 0 Å². The van der Waals surface area contributed by atoms with Crippen molar-refractivity contribution in [1.82, 2.24) is 0 Å². The Balaban J connectivity index is 0.00000108. The summed E-state index contributed by atoms with van der Waals surface area (Å²) in [7, 11) is 1.71. The van der Waals surface area contributed by atoms with E-state index in [2.05, 4.69) is 28.8 Å². The van der Waals surface area contributed by atoms with Crippen molar-refractivity contribution < 1.29 is 26.1 Å². The highest BCUT2D eigenvalue weighted by Crippen LogP contribution is 2.24. The first kappa shape index (κ1) is 11.9. The molecule has 3 rings (SSSR count). The first-order valence-corrected chi connectivity index (χ1v) is 5.25. The summed E-state index contributed by atoms with van der Waals surface area (Å²) in [4.78, 5) is 0. The fourth-order valence-electron chi connectivity index (χ4n) is 2.01. The van der Waals surface area contributed by atoms with Gasteiger partial charge in [0, 0.05) is 29.0 Å². The summed E-state index contributed by atoms with van der Waals surface area (Å²) in [5, 5.41) is 2.33. The summed E-state index contributed by atoms with van der Waals surface area (Å²) in [6, 6.07) is 14.4. The molecule has 0 N–H and O–H groups in total. The molecule has 17 heavy (non-hydrogen) atoms. The van der Waals surface area contributed by atoms with E-state index in [1.807, 2.05) is 30.5 Å². The number of halogens is 1. The van der Waals surface area contributed by atoms with Crippen LogP contribution in [0.1, 0.15) is 0 Å². The molecule has 0 aliphatic rings. The SMILES string of the molecule is COc1cccc2c[n+]3ccccc3cc12.[Br-]. The number of hydrogen-bond acceptors (Lipinski definition) is 1. The minimum Gasteiger partial charge on any atom is -1.00 e. The third kappa shape index (κ3) is 1.98. The van der Waals surface area contributed by atoms with Crippen molar-refractivity contribution >= 4 is 16.3 Å². The Kier molecular flexibility index (Phi) is 3.29. The lowest BCUT2D eigenvalue weighted by Gasteiger charge is -2.03. The van der Waals surface area contributed by atoms with Crippen LogP contribution in [0.5, 0.6) is 5.75 Å². The Morgan fingerprint density at radius 1 is 1.06 bits per heavy atom. The van der Waals surface area contributed by atoms with E-state index in [1.54, 1.807) is 7.11 Å². The molecule has 0 fully saturated rings. The molecule has 2 heterocycles. The van der Waals surface area contributed by atoms with Crippen LogP contribution in [0.2, 0.25) is 0 Å². The second-order valence-corrected chi connectivity index (χ2v) is 3.77. The predicted octanol–water partition coefficient (Wildman–Crippen LogP) is -0.409. The molecule has 0 aliphatic carbocycles. The Labute approximate surface area is 110 Å². The fraction of sp³-hybridized carbons (Fsp3) is 0.0714. The molecule has 0 spiro atoms. The Morgan fingerprint density at radius 2 is 1.94 bits per heavy atom. The molecule has 86 valence electrons. The first-order valence-electron chi connectivity index (χ1n) is 5.25. The molecule has 0 radical (unpaired) electrons. The molecule has 0 saturated heterocycles. The van der Waals surface area contributed by atoms with Crippen LogP contribution >= 0.6 is 0 Å². The summed E-state index contributed by atoms with van der Waals surface area (Å²) in [6.07, 6.45) is 4.17. The number of pyridine rings is 2. The molecule has 0 unspecified atom stereocenters. The number of ether oxygens (including phenoxy) is 1. The summed E-state index contributed by atoms with van der Waals surface area (Å²) >= 11 is 0. The minimum atomic E-state index is 0. The molecule has 0 saturated carbocycles. The van der Waals surface area contributed by atoms with Gasteiger partial charge in [-0.25, -0.2) is 0 Å². The predicted molar refractivity (Wildman–Crippen MR) is 63.7 cm³/mol. The van der Waals surface area contributed by atoms with E-state index in [1.165, 1.54) is 10.9 Å². The highest BCUT2D eigenvalue weighted by atomic mass is 79.9. The number of hydrogen-bond donors (Lipinski definition) is 0. The summed E-state index contributed by atoms with van der Waals surface area (Å²) < 4.78 is 7.48. The Morgan fingerprint density at radius 3 is 2.76 bits per heavy atom. The van der Waals surface area contributed by atoms with E-state index in [9.17, 15) is 0 Å². The van der Waals surface area contributed by atoms with Gasteiger partial charge in [-0.15, -0.1) is 0 Å². The standard InChI is InChI=1S/C14H12NO.BrH/c1-16-14-7-4-5-11-10-15-8-3-2-6-12(15)9-13(11)14;/h2-10H,1H3;1H/q+1;/p-1. The molecule has 0 bridgehead atoms. The molecule has 0 atom stereocenters. The lowest BCUT2D eigenvalue weighted by Crippen LogP contribution is -3.00. The second-order valence-electron chi connectivity index (χ2n) is 3.77. The average molecular weight is 290 g/mol. The largest absolute Gasteiger partial charge is 1.00 e. The van der Waals surface area contributed by atoms with E-state index in [0.717, 1.165) is 11.1 Å². The second kappa shape index (κ2) is 4.72. The van der Waals surface area contributed by atoms with Gasteiger partial charge >= 0.3 is 0 Å². The Bertz CT molecular complexity index is 666. The van der Waals surface area contributed by atoms with Gasteiger partial charge in [-0.2, -0.15) is 4.40 Å². The summed E-state index contributed by atoms with van der Waals surface area (Å²) in [6.45, 7) is 0. The maximum Gasteiger partial charge on any atom is 0.211 e. The third-order valence-corrected chi connectivity index (χ3v) is 2.81. The van der Waals surface area contributed by atoms with E-state index in [4.69, 9.17) is 4.74 Å². The normalized spacial score (nSPS) is 10.2. The topological polar surface area (TPSA) is 13.3 Å². The van der Waals surface area contributed by atoms with Gasteiger partial charge in [-0.05, 0) is 18.2 Å². The van der Waals surface area contributed by atoms with Crippen LogP contribution in [-0.4, -0.2) is 7.11 Å². The van der Waals surface area contributed by atoms with Crippen molar-refractivity contribution in [1.29, 1.82) is 0 Å². The zero-order valence-electron chi connectivity index (χ0n) is 9.43. The lowest BCUT2D eigenvalue weighted by molar-refractivity contribution is -0.510. The molecule has 2 aromatic heterocycles. The van der Waals surface area contributed by atoms with E-state index >= 15 is 0 Å². The van der Waals surface area contributed by atoms with Gasteiger partial charge in [0.15, 0.2) is 12.4 Å². The van der Waals surface area contributed by atoms with E-state index < -0.39 is 0 Å². The molecule has 0 amide bonds. The van der Waals surface area contributed by atoms with Crippen molar-refractivity contribution in [2.75, 3.05) is 7.11 Å². The van der Waals surface area contributed by atoms with Crippen LogP contribution in [0, 0.1) is 0 Å². The maximum atomic E-state index is 5.37. The van der Waals surface area contributed by atoms with E-state index in [0.29, 0.717) is 0 Å². The van der Waals surface area contributed by atoms with Crippen molar-refractivity contribution in [3.8, 4) is 5.75 Å². The lowest BCUT2D eigenvalue weighted by atomic mass is 10.1. The molecular formula is C14H12BrNO. The van der Waals surface area contributed by atoms with Gasteiger partial charge in [0.05, 0.1) is 7.11 Å². The van der Waals surface area contributed by atoms with Gasteiger partial charge in [0.1, 0.15) is 5.75 Å². The molecule has 1 aromatic carbocycles. The number of fused-ring (bicyclic) bond motifs is 2. The van der Waals surface area contributed by atoms with Gasteiger partial charge < -0.3 is 21.7 Å². The zero-order valence-corrected chi connectivity index (χ0v) is 11.0. The van der Waals surface area contributed by atoms with Gasteiger partial charge in [-0.1, -0.05) is 6.07 Å². The highest BCUT2D eigenvalue weighted by Gasteiger charge is 2.07. The maximum absolute atomic E-state index is 5.37. The Hall–Kier alpha value is -1.61. The molecule has 3 heteroatoms. The van der Waals surface area contributed by atoms with Crippen LogP contribution < -0.4 is 26.1 Å². The fourth-order valence-corrected chi connectivity index (χ4v) is 2.01. The number of methoxy groups -OCH3 is 1. The van der Waals surface area contributed by atoms with Crippen molar-refractivity contribution in [2.45, 2.75) is 0 Å². The number of benzene rings is 1. The summed E-state index contributed by atoms with van der Waals surface area (Å²) in [5.74, 6) is 0.920. The molecular weight excluding hydrogens is 278 g/mol. The number of nitrogens with zero attached hydrogens (tertiary/aromatic N) is 1. The first-order chi connectivity index (χ1) is 7.88. The smallest absolute Gasteiger partial charge is 0.211 e. The zero-order chi connectivity index (χ0) is 11.0. The third-order valence-electron chi connectivity index (χ3n) is 2.81. The molecule has 0 aliphatic heterocycles. The highest BCUT2D eigenvalue weighted by molar-refractivity contribution is 5.89. The van der Waals surface area contributed by atoms with Gasteiger partial charge in [0.2, 0.25) is 5.52 Å². The number of aromatic nitrogens is 1. The van der Waals surface area contributed by atoms with Crippen LogP contribution in [0.4, 0.5) is 0 Å².